The van der Waals surface area contributed by atoms with Crippen molar-refractivity contribution in [3.8, 4) is 11.5 Å². The standard InChI is InChI=1S/C20H23NO3/c1-3-4-15-24-19-12-8-6-10-17(19)21-20(22)14-13-16-9-5-7-11-18(16)23-2/h5-14H,3-4,15H2,1-2H3,(H,21,22). The Morgan fingerprint density at radius 2 is 1.79 bits per heavy atom. The van der Waals surface area contributed by atoms with Gasteiger partial charge in [0.15, 0.2) is 0 Å². The number of hydrogen-bond acceptors (Lipinski definition) is 3. The van der Waals surface area contributed by atoms with Crippen molar-refractivity contribution in [1.29, 1.82) is 0 Å². The van der Waals surface area contributed by atoms with Gasteiger partial charge in [-0.3, -0.25) is 4.79 Å². The lowest BCUT2D eigenvalue weighted by Crippen LogP contribution is -2.09. The van der Waals surface area contributed by atoms with Crippen LogP contribution in [0.5, 0.6) is 11.5 Å². The molecule has 126 valence electrons. The lowest BCUT2D eigenvalue weighted by Gasteiger charge is -2.11. The molecule has 1 N–H and O–H groups in total. The zero-order chi connectivity index (χ0) is 17.2. The zero-order valence-electron chi connectivity index (χ0n) is 14.1. The first-order valence-corrected chi connectivity index (χ1v) is 8.08. The molecule has 0 saturated carbocycles. The van der Waals surface area contributed by atoms with E-state index in [2.05, 4.69) is 12.2 Å². The van der Waals surface area contributed by atoms with Gasteiger partial charge in [0, 0.05) is 11.6 Å². The third-order valence-electron chi connectivity index (χ3n) is 3.45. The summed E-state index contributed by atoms with van der Waals surface area (Å²) in [5, 5.41) is 2.85. The third kappa shape index (κ3) is 5.16. The molecule has 0 radical (unpaired) electrons. The molecule has 24 heavy (non-hydrogen) atoms. The summed E-state index contributed by atoms with van der Waals surface area (Å²) in [6.07, 6.45) is 5.27. The van der Waals surface area contributed by atoms with E-state index in [1.54, 1.807) is 13.2 Å². The number of methoxy groups -OCH3 is 1. The van der Waals surface area contributed by atoms with E-state index in [1.165, 1.54) is 6.08 Å². The largest absolute Gasteiger partial charge is 0.496 e. The van der Waals surface area contributed by atoms with Crippen LogP contribution in [-0.4, -0.2) is 19.6 Å². The van der Waals surface area contributed by atoms with E-state index in [-0.39, 0.29) is 5.91 Å². The van der Waals surface area contributed by atoms with Crippen molar-refractivity contribution in [2.75, 3.05) is 19.0 Å². The second-order valence-electron chi connectivity index (χ2n) is 5.26. The van der Waals surface area contributed by atoms with E-state index < -0.39 is 0 Å². The average Bonchev–Trinajstić information content (AvgIpc) is 2.62. The Balaban J connectivity index is 2.03. The lowest BCUT2D eigenvalue weighted by molar-refractivity contribution is -0.111. The fraction of sp³-hybridized carbons (Fsp3) is 0.250. The fourth-order valence-corrected chi connectivity index (χ4v) is 2.17. The highest BCUT2D eigenvalue weighted by Gasteiger charge is 2.05. The topological polar surface area (TPSA) is 47.6 Å². The highest BCUT2D eigenvalue weighted by molar-refractivity contribution is 6.02. The van der Waals surface area contributed by atoms with E-state index >= 15 is 0 Å². The molecule has 0 bridgehead atoms. The quantitative estimate of drug-likeness (QED) is 0.573. The number of unbranched alkanes of at least 4 members (excludes halogenated alkanes) is 1. The Labute approximate surface area is 143 Å². The summed E-state index contributed by atoms with van der Waals surface area (Å²) in [4.78, 5) is 12.2. The molecular weight excluding hydrogens is 302 g/mol. The summed E-state index contributed by atoms with van der Waals surface area (Å²) in [6.45, 7) is 2.75. The molecule has 0 aliphatic carbocycles. The molecule has 0 fully saturated rings. The normalized spacial score (nSPS) is 10.6. The number of nitrogens with one attached hydrogen (secondary N) is 1. The molecule has 0 unspecified atom stereocenters. The van der Waals surface area contributed by atoms with Crippen LogP contribution in [0.3, 0.4) is 0 Å². The van der Waals surface area contributed by atoms with E-state index in [0.717, 1.165) is 24.2 Å². The molecule has 2 rings (SSSR count). The Hall–Kier alpha value is -2.75. The first kappa shape index (κ1) is 17.6. The second kappa shape index (κ2) is 9.40. The van der Waals surface area contributed by atoms with Gasteiger partial charge >= 0.3 is 0 Å². The van der Waals surface area contributed by atoms with Crippen LogP contribution in [0, 0.1) is 0 Å². The minimum absolute atomic E-state index is 0.215. The van der Waals surface area contributed by atoms with Crippen LogP contribution in [0.25, 0.3) is 6.08 Å². The van der Waals surface area contributed by atoms with Gasteiger partial charge in [-0.15, -0.1) is 0 Å². The average molecular weight is 325 g/mol. The van der Waals surface area contributed by atoms with Crippen molar-refractivity contribution in [3.05, 3.63) is 60.2 Å². The summed E-state index contributed by atoms with van der Waals surface area (Å²) < 4.78 is 11.0. The zero-order valence-corrected chi connectivity index (χ0v) is 14.1. The van der Waals surface area contributed by atoms with Gasteiger partial charge in [0.25, 0.3) is 0 Å². The summed E-state index contributed by atoms with van der Waals surface area (Å²) in [7, 11) is 1.61. The predicted octanol–water partition coefficient (Wildman–Crippen LogP) is 4.53. The molecule has 4 nitrogen and oxygen atoms in total. The van der Waals surface area contributed by atoms with E-state index in [0.29, 0.717) is 18.0 Å². The number of amides is 1. The number of para-hydroxylation sites is 3. The summed E-state index contributed by atoms with van der Waals surface area (Å²) in [6, 6.07) is 15.0. The first-order chi connectivity index (χ1) is 11.7. The van der Waals surface area contributed by atoms with Gasteiger partial charge in [-0.1, -0.05) is 43.7 Å². The predicted molar refractivity (Wildman–Crippen MR) is 97.5 cm³/mol. The van der Waals surface area contributed by atoms with Gasteiger partial charge in [-0.2, -0.15) is 0 Å². The smallest absolute Gasteiger partial charge is 0.248 e. The van der Waals surface area contributed by atoms with Crippen LogP contribution in [0.4, 0.5) is 5.69 Å². The minimum atomic E-state index is -0.215. The van der Waals surface area contributed by atoms with Gasteiger partial charge in [0.1, 0.15) is 11.5 Å². The number of benzene rings is 2. The molecule has 0 aliphatic rings. The molecule has 0 heterocycles. The Morgan fingerprint density at radius 1 is 1.08 bits per heavy atom. The van der Waals surface area contributed by atoms with Crippen LogP contribution in [0.1, 0.15) is 25.3 Å². The first-order valence-electron chi connectivity index (χ1n) is 8.08. The molecule has 0 aliphatic heterocycles. The van der Waals surface area contributed by atoms with E-state index in [9.17, 15) is 4.79 Å². The van der Waals surface area contributed by atoms with Crippen molar-refractivity contribution in [1.82, 2.24) is 0 Å². The Bertz CT molecular complexity index is 695. The molecule has 1 amide bonds. The van der Waals surface area contributed by atoms with Crippen molar-refractivity contribution >= 4 is 17.7 Å². The molecule has 2 aromatic rings. The Kier molecular flexibility index (Phi) is 6.90. The van der Waals surface area contributed by atoms with Crippen LogP contribution >= 0.6 is 0 Å². The number of carbonyl (C=O) groups excluding carboxylic acids is 1. The minimum Gasteiger partial charge on any atom is -0.496 e. The number of carbonyl (C=O) groups is 1. The van der Waals surface area contributed by atoms with Gasteiger partial charge in [0.2, 0.25) is 5.91 Å². The molecule has 0 saturated heterocycles. The SMILES string of the molecule is CCCCOc1ccccc1NC(=O)C=Cc1ccccc1OC. The van der Waals surface area contributed by atoms with Crippen molar-refractivity contribution in [3.63, 3.8) is 0 Å². The monoisotopic (exact) mass is 325 g/mol. The number of ether oxygens (including phenoxy) is 2. The maximum absolute atomic E-state index is 12.2. The number of hydrogen-bond donors (Lipinski definition) is 1. The highest BCUT2D eigenvalue weighted by Crippen LogP contribution is 2.24. The summed E-state index contributed by atoms with van der Waals surface area (Å²) >= 11 is 0. The van der Waals surface area contributed by atoms with Crippen molar-refractivity contribution in [2.24, 2.45) is 0 Å². The molecule has 0 atom stereocenters. The number of anilines is 1. The molecule has 0 aromatic heterocycles. The summed E-state index contributed by atoms with van der Waals surface area (Å²) in [5.74, 6) is 1.20. The van der Waals surface area contributed by atoms with E-state index in [1.807, 2.05) is 48.5 Å². The van der Waals surface area contributed by atoms with Gasteiger partial charge < -0.3 is 14.8 Å². The second-order valence-corrected chi connectivity index (χ2v) is 5.26. The number of rotatable bonds is 8. The molecule has 2 aromatic carbocycles. The molecule has 4 heteroatoms. The summed E-state index contributed by atoms with van der Waals surface area (Å²) in [5.41, 5.74) is 1.52. The van der Waals surface area contributed by atoms with Gasteiger partial charge in [-0.05, 0) is 30.7 Å². The Morgan fingerprint density at radius 3 is 2.54 bits per heavy atom. The van der Waals surface area contributed by atoms with Crippen molar-refractivity contribution in [2.45, 2.75) is 19.8 Å². The van der Waals surface area contributed by atoms with Gasteiger partial charge in [0.05, 0.1) is 19.4 Å². The highest BCUT2D eigenvalue weighted by atomic mass is 16.5. The maximum Gasteiger partial charge on any atom is 0.248 e. The van der Waals surface area contributed by atoms with Crippen LogP contribution in [0.15, 0.2) is 54.6 Å². The maximum atomic E-state index is 12.2. The lowest BCUT2D eigenvalue weighted by atomic mass is 10.2. The van der Waals surface area contributed by atoms with Crippen molar-refractivity contribution < 1.29 is 14.3 Å². The van der Waals surface area contributed by atoms with Crippen LogP contribution < -0.4 is 14.8 Å². The van der Waals surface area contributed by atoms with E-state index in [4.69, 9.17) is 9.47 Å². The van der Waals surface area contributed by atoms with Crippen LogP contribution in [-0.2, 0) is 4.79 Å². The third-order valence-corrected chi connectivity index (χ3v) is 3.45. The molecule has 0 spiro atoms. The molecular formula is C20H23NO3. The van der Waals surface area contributed by atoms with Crippen LogP contribution in [0.2, 0.25) is 0 Å². The van der Waals surface area contributed by atoms with Gasteiger partial charge in [-0.25, -0.2) is 0 Å². The fourth-order valence-electron chi connectivity index (χ4n) is 2.17.